The molecule has 1 fully saturated rings. The number of aliphatic carboxylic acids is 1. The maximum Gasteiger partial charge on any atom is 0.321 e. The van der Waals surface area contributed by atoms with Crippen LogP contribution in [0.25, 0.3) is 0 Å². The van der Waals surface area contributed by atoms with Gasteiger partial charge in [0, 0.05) is 58.9 Å². The molecule has 1 aliphatic rings. The summed E-state index contributed by atoms with van der Waals surface area (Å²) < 4.78 is 0. The van der Waals surface area contributed by atoms with Gasteiger partial charge in [-0.05, 0) is 19.4 Å². The van der Waals surface area contributed by atoms with E-state index in [0.29, 0.717) is 6.54 Å². The van der Waals surface area contributed by atoms with Crippen molar-refractivity contribution in [2.24, 2.45) is 5.73 Å². The number of nitrogens with zero attached hydrogens (tertiary/aromatic N) is 1. The van der Waals surface area contributed by atoms with Crippen LogP contribution in [0.2, 0.25) is 0 Å². The molecule has 9 heteroatoms. The summed E-state index contributed by atoms with van der Waals surface area (Å²) in [5.41, 5.74) is 5.33. The fourth-order valence-electron chi connectivity index (χ4n) is 2.59. The van der Waals surface area contributed by atoms with Crippen LogP contribution in [0.3, 0.4) is 0 Å². The monoisotopic (exact) mass is 358 g/mol. The highest BCUT2D eigenvalue weighted by Gasteiger charge is 2.15. The maximum atomic E-state index is 11.6. The van der Waals surface area contributed by atoms with Crippen LogP contribution in [0.15, 0.2) is 0 Å². The molecular weight excluding hydrogens is 324 g/mol. The molecule has 0 aromatic rings. The van der Waals surface area contributed by atoms with E-state index in [2.05, 4.69) is 26.2 Å². The third-order valence-electron chi connectivity index (χ3n) is 4.11. The number of nitrogens with two attached hydrogens (primary N) is 1. The lowest BCUT2D eigenvalue weighted by molar-refractivity contribution is -0.140. The summed E-state index contributed by atoms with van der Waals surface area (Å²) in [5, 5.41) is 21.7. The molecule has 0 spiro atoms. The zero-order valence-electron chi connectivity index (χ0n) is 15.1. The van der Waals surface area contributed by atoms with Gasteiger partial charge in [-0.1, -0.05) is 0 Å². The average Bonchev–Trinajstić information content (AvgIpc) is 2.56. The summed E-state index contributed by atoms with van der Waals surface area (Å²) in [6.45, 7) is 9.49. The van der Waals surface area contributed by atoms with Gasteiger partial charge in [-0.2, -0.15) is 0 Å². The second kappa shape index (κ2) is 14.0. The lowest BCUT2D eigenvalue weighted by Crippen LogP contribution is -2.42. The molecule has 0 unspecified atom stereocenters. The van der Waals surface area contributed by atoms with E-state index in [1.165, 1.54) is 0 Å². The third-order valence-corrected chi connectivity index (χ3v) is 4.11. The number of nitrogens with one attached hydrogen (secondary N) is 4. The Morgan fingerprint density at radius 1 is 1.00 bits per heavy atom. The van der Waals surface area contributed by atoms with Crippen molar-refractivity contribution in [1.82, 2.24) is 26.2 Å². The largest absolute Gasteiger partial charge is 0.480 e. The number of amides is 1. The molecule has 0 aromatic heterocycles. The highest BCUT2D eigenvalue weighted by Crippen LogP contribution is 1.95. The minimum Gasteiger partial charge on any atom is -0.480 e. The standard InChI is InChI=1S/C16H34N6O3/c17-14(16(24)25)13-15(23)21-3-1-2-10-22-11-8-19-6-4-18-5-7-20-9-12-22/h14,18-20H,1-13,17H2,(H,21,23)(H,24,25)/t14-/m0/s1. The Hall–Kier alpha value is -1.26. The van der Waals surface area contributed by atoms with Crippen molar-refractivity contribution >= 4 is 11.9 Å². The quantitative estimate of drug-likeness (QED) is 0.269. The molecule has 0 saturated carbocycles. The van der Waals surface area contributed by atoms with Gasteiger partial charge >= 0.3 is 5.97 Å². The van der Waals surface area contributed by atoms with Crippen molar-refractivity contribution in [3.8, 4) is 0 Å². The van der Waals surface area contributed by atoms with Crippen molar-refractivity contribution in [3.05, 3.63) is 0 Å². The minimum absolute atomic E-state index is 0.173. The number of hydrogen-bond acceptors (Lipinski definition) is 7. The van der Waals surface area contributed by atoms with Gasteiger partial charge in [0.2, 0.25) is 5.91 Å². The number of carboxylic acid groups (broad SMARTS) is 1. The van der Waals surface area contributed by atoms with Gasteiger partial charge in [0.05, 0.1) is 6.42 Å². The average molecular weight is 358 g/mol. The van der Waals surface area contributed by atoms with E-state index in [1.807, 2.05) is 0 Å². The molecule has 0 radical (unpaired) electrons. The van der Waals surface area contributed by atoms with E-state index < -0.39 is 12.0 Å². The smallest absolute Gasteiger partial charge is 0.321 e. The van der Waals surface area contributed by atoms with E-state index in [1.54, 1.807) is 0 Å². The molecule has 1 atom stereocenters. The number of hydrogen-bond donors (Lipinski definition) is 6. The van der Waals surface area contributed by atoms with Crippen LogP contribution in [0, 0.1) is 0 Å². The zero-order chi connectivity index (χ0) is 18.3. The van der Waals surface area contributed by atoms with Gasteiger partial charge in [0.25, 0.3) is 0 Å². The zero-order valence-corrected chi connectivity index (χ0v) is 15.1. The highest BCUT2D eigenvalue weighted by molar-refractivity contribution is 5.84. The van der Waals surface area contributed by atoms with Crippen LogP contribution >= 0.6 is 0 Å². The van der Waals surface area contributed by atoms with E-state index in [4.69, 9.17) is 10.8 Å². The number of carbonyl (C=O) groups is 2. The van der Waals surface area contributed by atoms with Gasteiger partial charge in [-0.15, -0.1) is 0 Å². The molecule has 1 aliphatic heterocycles. The van der Waals surface area contributed by atoms with Crippen LogP contribution in [-0.4, -0.2) is 93.4 Å². The number of carbonyl (C=O) groups excluding carboxylic acids is 1. The molecule has 7 N–H and O–H groups in total. The summed E-state index contributed by atoms with van der Waals surface area (Å²) in [5.74, 6) is -1.45. The first-order valence-corrected chi connectivity index (χ1v) is 9.19. The van der Waals surface area contributed by atoms with Gasteiger partial charge in [0.15, 0.2) is 0 Å². The Bertz CT molecular complexity index is 371. The van der Waals surface area contributed by atoms with Crippen molar-refractivity contribution < 1.29 is 14.7 Å². The molecule has 1 heterocycles. The molecule has 1 saturated heterocycles. The second-order valence-corrected chi connectivity index (χ2v) is 6.30. The van der Waals surface area contributed by atoms with Crippen molar-refractivity contribution in [2.45, 2.75) is 25.3 Å². The first-order chi connectivity index (χ1) is 12.1. The van der Waals surface area contributed by atoms with Gasteiger partial charge in [-0.25, -0.2) is 0 Å². The molecule has 1 rings (SSSR count). The van der Waals surface area contributed by atoms with Crippen LogP contribution in [0.5, 0.6) is 0 Å². The van der Waals surface area contributed by atoms with E-state index in [9.17, 15) is 9.59 Å². The molecule has 9 nitrogen and oxygen atoms in total. The lowest BCUT2D eigenvalue weighted by atomic mass is 10.2. The number of unbranched alkanes of at least 4 members (excludes halogenated alkanes) is 1. The minimum atomic E-state index is -1.15. The van der Waals surface area contributed by atoms with Crippen molar-refractivity contribution in [2.75, 3.05) is 65.4 Å². The second-order valence-electron chi connectivity index (χ2n) is 6.30. The molecule has 0 bridgehead atoms. The molecule has 0 aliphatic carbocycles. The molecule has 25 heavy (non-hydrogen) atoms. The van der Waals surface area contributed by atoms with Crippen LogP contribution in [-0.2, 0) is 9.59 Å². The van der Waals surface area contributed by atoms with E-state index >= 15 is 0 Å². The Morgan fingerprint density at radius 2 is 1.56 bits per heavy atom. The fourth-order valence-corrected chi connectivity index (χ4v) is 2.59. The van der Waals surface area contributed by atoms with Crippen molar-refractivity contribution in [1.29, 1.82) is 0 Å². The number of rotatable bonds is 8. The van der Waals surface area contributed by atoms with Gasteiger partial charge in [0.1, 0.15) is 6.04 Å². The fraction of sp³-hybridized carbons (Fsp3) is 0.875. The highest BCUT2D eigenvalue weighted by atomic mass is 16.4. The topological polar surface area (TPSA) is 132 Å². The lowest BCUT2D eigenvalue weighted by Gasteiger charge is -2.23. The SMILES string of the molecule is N[C@@H](CC(=O)NCCCCN1CCNCCNCCNCC1)C(=O)O. The summed E-state index contributed by atoms with van der Waals surface area (Å²) in [6.07, 6.45) is 1.69. The van der Waals surface area contributed by atoms with Crippen LogP contribution in [0.4, 0.5) is 0 Å². The summed E-state index contributed by atoms with van der Waals surface area (Å²) in [6, 6.07) is -1.13. The molecule has 0 aromatic carbocycles. The predicted molar refractivity (Wildman–Crippen MR) is 97.5 cm³/mol. The van der Waals surface area contributed by atoms with E-state index in [-0.39, 0.29) is 12.3 Å². The predicted octanol–water partition coefficient (Wildman–Crippen LogP) is -2.23. The molecular formula is C16H34N6O3. The number of carboxylic acids is 1. The first-order valence-electron chi connectivity index (χ1n) is 9.19. The van der Waals surface area contributed by atoms with Gasteiger partial charge in [-0.3, -0.25) is 9.59 Å². The molecule has 1 amide bonds. The summed E-state index contributed by atoms with van der Waals surface area (Å²) in [4.78, 5) is 24.6. The van der Waals surface area contributed by atoms with Crippen LogP contribution in [0.1, 0.15) is 19.3 Å². The summed E-state index contributed by atoms with van der Waals surface area (Å²) >= 11 is 0. The first kappa shape index (κ1) is 21.8. The Balaban J connectivity index is 2.12. The maximum absolute atomic E-state index is 11.6. The van der Waals surface area contributed by atoms with Crippen LogP contribution < -0.4 is 27.0 Å². The Labute approximate surface area is 150 Å². The molecule has 146 valence electrons. The van der Waals surface area contributed by atoms with Crippen molar-refractivity contribution in [3.63, 3.8) is 0 Å². The Kier molecular flexibility index (Phi) is 12.2. The summed E-state index contributed by atoms with van der Waals surface area (Å²) in [7, 11) is 0. The normalized spacial score (nSPS) is 19.4. The third kappa shape index (κ3) is 11.8. The van der Waals surface area contributed by atoms with E-state index in [0.717, 1.165) is 71.7 Å². The Morgan fingerprint density at radius 3 is 2.12 bits per heavy atom. The van der Waals surface area contributed by atoms with Gasteiger partial charge < -0.3 is 37.0 Å².